The van der Waals surface area contributed by atoms with Crippen molar-refractivity contribution in [3.63, 3.8) is 0 Å². The topological polar surface area (TPSA) is 54.7 Å². The molecule has 5 rings (SSSR count). The summed E-state index contributed by atoms with van der Waals surface area (Å²) in [7, 11) is 0. The van der Waals surface area contributed by atoms with Crippen molar-refractivity contribution in [3.05, 3.63) is 80.6 Å². The molecule has 1 aliphatic heterocycles. The Hall–Kier alpha value is -2.73. The Morgan fingerprint density at radius 1 is 1.10 bits per heavy atom. The second kappa shape index (κ2) is 7.20. The molecule has 7 heteroatoms. The van der Waals surface area contributed by atoms with Gasteiger partial charge in [-0.25, -0.2) is 9.37 Å². The normalized spacial score (nSPS) is 17.9. The molecule has 2 aliphatic rings. The summed E-state index contributed by atoms with van der Waals surface area (Å²) < 4.78 is 14.9. The van der Waals surface area contributed by atoms with Crippen LogP contribution < -0.4 is 5.56 Å². The third-order valence-corrected chi connectivity index (χ3v) is 6.74. The summed E-state index contributed by atoms with van der Waals surface area (Å²) >= 11 is 6.06. The Balaban J connectivity index is 1.52. The summed E-state index contributed by atoms with van der Waals surface area (Å²) in [6.45, 7) is 0.722. The van der Waals surface area contributed by atoms with Crippen molar-refractivity contribution in [3.8, 4) is 0 Å². The predicted octanol–water partition coefficient (Wildman–Crippen LogP) is 3.88. The number of pyridine rings is 1. The molecule has 0 radical (unpaired) electrons. The number of carbonyl (C=O) groups is 1. The van der Waals surface area contributed by atoms with E-state index in [0.29, 0.717) is 34.9 Å². The van der Waals surface area contributed by atoms with E-state index in [1.807, 2.05) is 24.3 Å². The smallest absolute Gasteiger partial charge is 0.263 e. The maximum Gasteiger partial charge on any atom is 0.263 e. The quantitative estimate of drug-likeness (QED) is 0.626. The van der Waals surface area contributed by atoms with E-state index in [4.69, 9.17) is 11.6 Å². The second-order valence-corrected chi connectivity index (χ2v) is 8.63. The summed E-state index contributed by atoms with van der Waals surface area (Å²) in [4.78, 5) is 33.1. The summed E-state index contributed by atoms with van der Waals surface area (Å²) in [6.07, 6.45) is 5.23. The van der Waals surface area contributed by atoms with Gasteiger partial charge in [-0.2, -0.15) is 0 Å². The first kappa shape index (κ1) is 19.2. The molecule has 0 spiro atoms. The van der Waals surface area contributed by atoms with E-state index in [0.717, 1.165) is 37.4 Å². The average molecular weight is 426 g/mol. The van der Waals surface area contributed by atoms with Crippen LogP contribution in [-0.2, 0) is 23.2 Å². The van der Waals surface area contributed by atoms with Gasteiger partial charge in [-0.05, 0) is 42.7 Å². The number of aromatic nitrogens is 2. The summed E-state index contributed by atoms with van der Waals surface area (Å²) in [5.74, 6) is -0.445. The molecule has 0 saturated heterocycles. The molecular formula is C23H21ClFN3O2. The number of fused-ring (bicyclic) bond motifs is 2. The van der Waals surface area contributed by atoms with E-state index >= 15 is 0 Å². The van der Waals surface area contributed by atoms with Crippen LogP contribution in [0.2, 0.25) is 5.02 Å². The SMILES string of the molecule is O=C(N1CCc2nc3ccc(F)cn3c(=O)c2C1)C1(c2ccc(Cl)cc2)CCCC1. The summed E-state index contributed by atoms with van der Waals surface area (Å²) in [5, 5.41) is 0.643. The van der Waals surface area contributed by atoms with Gasteiger partial charge in [-0.15, -0.1) is 0 Å². The van der Waals surface area contributed by atoms with Gasteiger partial charge >= 0.3 is 0 Å². The van der Waals surface area contributed by atoms with E-state index in [1.165, 1.54) is 16.5 Å². The lowest BCUT2D eigenvalue weighted by Gasteiger charge is -2.37. The standard InChI is InChI=1S/C23H21ClFN3O2/c24-16-5-3-15(4-6-16)23(10-1-2-11-23)22(30)27-12-9-19-18(14-27)21(29)28-13-17(25)7-8-20(28)26-19/h3-8,13H,1-2,9-12,14H2. The van der Waals surface area contributed by atoms with Crippen molar-refractivity contribution >= 4 is 23.2 Å². The van der Waals surface area contributed by atoms with Gasteiger partial charge in [0, 0.05) is 24.2 Å². The van der Waals surface area contributed by atoms with E-state index in [1.54, 1.807) is 4.90 Å². The van der Waals surface area contributed by atoms with E-state index < -0.39 is 11.2 Å². The van der Waals surface area contributed by atoms with Gasteiger partial charge < -0.3 is 4.90 Å². The van der Waals surface area contributed by atoms with Gasteiger partial charge in [0.1, 0.15) is 11.5 Å². The van der Waals surface area contributed by atoms with E-state index in [2.05, 4.69) is 4.98 Å². The van der Waals surface area contributed by atoms with Crippen molar-refractivity contribution in [2.75, 3.05) is 6.54 Å². The fourth-order valence-corrected chi connectivity index (χ4v) is 5.05. The first-order valence-corrected chi connectivity index (χ1v) is 10.6. The lowest BCUT2D eigenvalue weighted by molar-refractivity contribution is -0.138. The van der Waals surface area contributed by atoms with Crippen LogP contribution in [-0.4, -0.2) is 26.7 Å². The number of hydrogen-bond donors (Lipinski definition) is 0. The second-order valence-electron chi connectivity index (χ2n) is 8.19. The number of amides is 1. The average Bonchev–Trinajstić information content (AvgIpc) is 3.25. The molecule has 0 unspecified atom stereocenters. The highest BCUT2D eigenvalue weighted by Gasteiger charge is 2.45. The monoisotopic (exact) mass is 425 g/mol. The zero-order valence-corrected chi connectivity index (χ0v) is 17.2. The molecule has 1 fully saturated rings. The highest BCUT2D eigenvalue weighted by molar-refractivity contribution is 6.30. The fourth-order valence-electron chi connectivity index (χ4n) is 4.92. The molecular weight excluding hydrogens is 405 g/mol. The van der Waals surface area contributed by atoms with Crippen molar-refractivity contribution < 1.29 is 9.18 Å². The molecule has 5 nitrogen and oxygen atoms in total. The van der Waals surface area contributed by atoms with Crippen LogP contribution in [0.5, 0.6) is 0 Å². The van der Waals surface area contributed by atoms with Crippen LogP contribution in [0, 0.1) is 5.82 Å². The molecule has 0 atom stereocenters. The van der Waals surface area contributed by atoms with Crippen LogP contribution in [0.1, 0.15) is 42.5 Å². The Morgan fingerprint density at radius 3 is 2.57 bits per heavy atom. The molecule has 1 amide bonds. The van der Waals surface area contributed by atoms with Crippen LogP contribution in [0.25, 0.3) is 5.65 Å². The predicted molar refractivity (Wildman–Crippen MR) is 112 cm³/mol. The minimum absolute atomic E-state index is 0.0525. The Labute approximate surface area is 178 Å². The minimum Gasteiger partial charge on any atom is -0.337 e. The maximum absolute atomic E-state index is 13.8. The van der Waals surface area contributed by atoms with Crippen LogP contribution >= 0.6 is 11.6 Å². The maximum atomic E-state index is 13.8. The number of carbonyl (C=O) groups excluding carboxylic acids is 1. The van der Waals surface area contributed by atoms with Gasteiger partial charge in [0.25, 0.3) is 5.56 Å². The van der Waals surface area contributed by atoms with Crippen LogP contribution in [0.3, 0.4) is 0 Å². The molecule has 1 saturated carbocycles. The largest absolute Gasteiger partial charge is 0.337 e. The van der Waals surface area contributed by atoms with Crippen LogP contribution in [0.15, 0.2) is 47.4 Å². The van der Waals surface area contributed by atoms with Gasteiger partial charge in [-0.1, -0.05) is 36.6 Å². The summed E-state index contributed by atoms with van der Waals surface area (Å²) in [6, 6.07) is 10.3. The minimum atomic E-state index is -0.575. The Kier molecular flexibility index (Phi) is 4.62. The van der Waals surface area contributed by atoms with Crippen molar-refractivity contribution in [2.24, 2.45) is 0 Å². The molecule has 1 aromatic carbocycles. The molecule has 3 aromatic rings. The van der Waals surface area contributed by atoms with Gasteiger partial charge in [-0.3, -0.25) is 14.0 Å². The van der Waals surface area contributed by atoms with Crippen molar-refractivity contribution in [1.29, 1.82) is 0 Å². The van der Waals surface area contributed by atoms with Crippen molar-refractivity contribution in [1.82, 2.24) is 14.3 Å². The Morgan fingerprint density at radius 2 is 1.83 bits per heavy atom. The van der Waals surface area contributed by atoms with E-state index in [9.17, 15) is 14.0 Å². The van der Waals surface area contributed by atoms with Gasteiger partial charge in [0.2, 0.25) is 5.91 Å². The molecule has 3 heterocycles. The van der Waals surface area contributed by atoms with Gasteiger partial charge in [0.15, 0.2) is 0 Å². The number of hydrogen-bond acceptors (Lipinski definition) is 3. The first-order chi connectivity index (χ1) is 14.5. The zero-order valence-electron chi connectivity index (χ0n) is 16.4. The van der Waals surface area contributed by atoms with E-state index in [-0.39, 0.29) is 18.0 Å². The number of benzene rings is 1. The molecule has 0 N–H and O–H groups in total. The molecule has 2 aromatic heterocycles. The lowest BCUT2D eigenvalue weighted by Crippen LogP contribution is -2.48. The third-order valence-electron chi connectivity index (χ3n) is 6.48. The first-order valence-electron chi connectivity index (χ1n) is 10.2. The molecule has 30 heavy (non-hydrogen) atoms. The van der Waals surface area contributed by atoms with Gasteiger partial charge in [0.05, 0.1) is 23.2 Å². The van der Waals surface area contributed by atoms with Crippen molar-refractivity contribution in [2.45, 2.75) is 44.1 Å². The number of nitrogens with zero attached hydrogens (tertiary/aromatic N) is 3. The number of rotatable bonds is 2. The highest BCUT2D eigenvalue weighted by Crippen LogP contribution is 2.43. The highest BCUT2D eigenvalue weighted by atomic mass is 35.5. The molecule has 154 valence electrons. The lowest BCUT2D eigenvalue weighted by atomic mass is 9.77. The molecule has 1 aliphatic carbocycles. The third kappa shape index (κ3) is 3.01. The Bertz CT molecular complexity index is 1200. The number of halogens is 2. The molecule has 0 bridgehead atoms. The zero-order chi connectivity index (χ0) is 20.9. The summed E-state index contributed by atoms with van der Waals surface area (Å²) in [5.41, 5.74) is 1.70. The van der Waals surface area contributed by atoms with Crippen LogP contribution in [0.4, 0.5) is 4.39 Å². The fraction of sp³-hybridized carbons (Fsp3) is 0.348.